The molecule has 0 bridgehead atoms. The van der Waals surface area contributed by atoms with Crippen LogP contribution in [0, 0.1) is 0 Å². The van der Waals surface area contributed by atoms with Gasteiger partial charge in [0.05, 0.1) is 13.2 Å². The molecule has 0 amide bonds. The number of ketones is 1. The van der Waals surface area contributed by atoms with Crippen LogP contribution in [-0.4, -0.2) is 25.6 Å². The fraction of sp³-hybridized carbons (Fsp3) is 0.353. The molecule has 1 heterocycles. The molecule has 0 saturated carbocycles. The van der Waals surface area contributed by atoms with Crippen LogP contribution < -0.4 is 4.74 Å². The highest BCUT2D eigenvalue weighted by atomic mass is 16.5. The number of methoxy groups -OCH3 is 1. The van der Waals surface area contributed by atoms with Gasteiger partial charge in [0.25, 0.3) is 0 Å². The first-order valence-electron chi connectivity index (χ1n) is 7.00. The van der Waals surface area contributed by atoms with Crippen molar-refractivity contribution in [2.45, 2.75) is 25.4 Å². The predicted molar refractivity (Wildman–Crippen MR) is 78.4 cm³/mol. The maximum Gasteiger partial charge on any atom is 0.166 e. The van der Waals surface area contributed by atoms with E-state index in [9.17, 15) is 4.79 Å². The number of carbonyl (C=O) groups excluding carboxylic acids is 1. The number of ether oxygens (including phenoxy) is 2. The number of rotatable bonds is 4. The standard InChI is InChI=1S/C17H18O3/c1-19-17-9-8-14(13-6-2-3-7-15(13)17)16(18)11-12-5-4-10-20-12/h2-3,6-9,12H,4-5,10-11H2,1H3. The van der Waals surface area contributed by atoms with Crippen LogP contribution in [0.1, 0.15) is 29.6 Å². The largest absolute Gasteiger partial charge is 0.496 e. The molecule has 1 fully saturated rings. The van der Waals surface area contributed by atoms with E-state index in [1.54, 1.807) is 7.11 Å². The summed E-state index contributed by atoms with van der Waals surface area (Å²) in [7, 11) is 1.65. The molecule has 0 aliphatic carbocycles. The molecule has 0 radical (unpaired) electrons. The zero-order chi connectivity index (χ0) is 13.9. The lowest BCUT2D eigenvalue weighted by Crippen LogP contribution is -2.13. The first-order chi connectivity index (χ1) is 9.79. The van der Waals surface area contributed by atoms with E-state index in [2.05, 4.69) is 0 Å². The summed E-state index contributed by atoms with van der Waals surface area (Å²) in [5.41, 5.74) is 0.761. The zero-order valence-corrected chi connectivity index (χ0v) is 11.6. The van der Waals surface area contributed by atoms with Gasteiger partial charge in [0.15, 0.2) is 5.78 Å². The summed E-state index contributed by atoms with van der Waals surface area (Å²) in [6.45, 7) is 0.779. The summed E-state index contributed by atoms with van der Waals surface area (Å²) in [5, 5.41) is 1.93. The van der Waals surface area contributed by atoms with Crippen molar-refractivity contribution in [3.05, 3.63) is 42.0 Å². The fourth-order valence-corrected chi connectivity index (χ4v) is 2.81. The average Bonchev–Trinajstić information content (AvgIpc) is 2.99. The lowest BCUT2D eigenvalue weighted by Gasteiger charge is -2.12. The Morgan fingerprint density at radius 2 is 2.05 bits per heavy atom. The smallest absolute Gasteiger partial charge is 0.166 e. The van der Waals surface area contributed by atoms with Crippen molar-refractivity contribution in [3.8, 4) is 5.75 Å². The molecule has 1 aliphatic heterocycles. The molecule has 1 unspecified atom stereocenters. The van der Waals surface area contributed by atoms with Gasteiger partial charge in [-0.1, -0.05) is 24.3 Å². The van der Waals surface area contributed by atoms with Crippen LogP contribution in [0.5, 0.6) is 5.75 Å². The molecule has 0 spiro atoms. The zero-order valence-electron chi connectivity index (χ0n) is 11.6. The van der Waals surface area contributed by atoms with Gasteiger partial charge in [-0.05, 0) is 30.4 Å². The van der Waals surface area contributed by atoms with Gasteiger partial charge in [0.2, 0.25) is 0 Å². The molecular weight excluding hydrogens is 252 g/mol. The van der Waals surface area contributed by atoms with Crippen molar-refractivity contribution < 1.29 is 14.3 Å². The van der Waals surface area contributed by atoms with Gasteiger partial charge in [0.1, 0.15) is 5.75 Å². The third-order valence-electron chi connectivity index (χ3n) is 3.84. The van der Waals surface area contributed by atoms with Crippen LogP contribution in [0.15, 0.2) is 36.4 Å². The van der Waals surface area contributed by atoms with Gasteiger partial charge in [-0.15, -0.1) is 0 Å². The number of carbonyl (C=O) groups is 1. The number of Topliss-reactive ketones (excluding diaryl/α,β-unsaturated/α-hetero) is 1. The van der Waals surface area contributed by atoms with Gasteiger partial charge in [-0.2, -0.15) is 0 Å². The number of hydrogen-bond acceptors (Lipinski definition) is 3. The van der Waals surface area contributed by atoms with Crippen molar-refractivity contribution in [2.24, 2.45) is 0 Å². The summed E-state index contributed by atoms with van der Waals surface area (Å²) in [6.07, 6.45) is 2.60. The Bertz CT molecular complexity index is 627. The van der Waals surface area contributed by atoms with Crippen LogP contribution in [0.2, 0.25) is 0 Å². The van der Waals surface area contributed by atoms with Crippen molar-refractivity contribution >= 4 is 16.6 Å². The lowest BCUT2D eigenvalue weighted by molar-refractivity contribution is 0.0777. The van der Waals surface area contributed by atoms with Crippen LogP contribution in [-0.2, 0) is 4.74 Å². The van der Waals surface area contributed by atoms with Crippen molar-refractivity contribution in [3.63, 3.8) is 0 Å². The first-order valence-corrected chi connectivity index (χ1v) is 7.00. The van der Waals surface area contributed by atoms with Crippen LogP contribution in [0.4, 0.5) is 0 Å². The van der Waals surface area contributed by atoms with E-state index in [0.717, 1.165) is 41.5 Å². The maximum absolute atomic E-state index is 12.5. The molecular formula is C17H18O3. The average molecular weight is 270 g/mol. The highest BCUT2D eigenvalue weighted by Crippen LogP contribution is 2.29. The fourth-order valence-electron chi connectivity index (χ4n) is 2.81. The van der Waals surface area contributed by atoms with Crippen LogP contribution in [0.25, 0.3) is 10.8 Å². The van der Waals surface area contributed by atoms with Crippen molar-refractivity contribution in [2.75, 3.05) is 13.7 Å². The highest BCUT2D eigenvalue weighted by molar-refractivity contribution is 6.09. The first kappa shape index (κ1) is 13.1. The molecule has 0 N–H and O–H groups in total. The number of benzene rings is 2. The summed E-state index contributed by atoms with van der Waals surface area (Å²) < 4.78 is 10.9. The molecule has 2 aromatic carbocycles. The topological polar surface area (TPSA) is 35.5 Å². The Morgan fingerprint density at radius 3 is 2.75 bits per heavy atom. The predicted octanol–water partition coefficient (Wildman–Crippen LogP) is 3.60. The molecule has 3 rings (SSSR count). The molecule has 1 atom stereocenters. The maximum atomic E-state index is 12.5. The SMILES string of the molecule is COc1ccc(C(=O)CC2CCCO2)c2ccccc12. The minimum Gasteiger partial charge on any atom is -0.496 e. The summed E-state index contributed by atoms with van der Waals surface area (Å²) >= 11 is 0. The molecule has 20 heavy (non-hydrogen) atoms. The summed E-state index contributed by atoms with van der Waals surface area (Å²) in [4.78, 5) is 12.5. The van der Waals surface area contributed by atoms with Crippen LogP contribution >= 0.6 is 0 Å². The van der Waals surface area contributed by atoms with E-state index < -0.39 is 0 Å². The molecule has 1 saturated heterocycles. The van der Waals surface area contributed by atoms with E-state index in [1.165, 1.54) is 0 Å². The third kappa shape index (κ3) is 2.41. The highest BCUT2D eigenvalue weighted by Gasteiger charge is 2.21. The van der Waals surface area contributed by atoms with E-state index in [-0.39, 0.29) is 11.9 Å². The Hall–Kier alpha value is -1.87. The third-order valence-corrected chi connectivity index (χ3v) is 3.84. The number of fused-ring (bicyclic) bond motifs is 1. The molecule has 0 aromatic heterocycles. The van der Waals surface area contributed by atoms with Gasteiger partial charge in [-0.3, -0.25) is 4.79 Å². The normalized spacial score (nSPS) is 18.4. The second-order valence-electron chi connectivity index (χ2n) is 5.12. The Balaban J connectivity index is 1.96. The molecule has 3 nitrogen and oxygen atoms in total. The van der Waals surface area contributed by atoms with Crippen molar-refractivity contribution in [1.29, 1.82) is 0 Å². The van der Waals surface area contributed by atoms with E-state index in [0.29, 0.717) is 6.42 Å². The summed E-state index contributed by atoms with van der Waals surface area (Å²) in [5.74, 6) is 0.949. The Kier molecular flexibility index (Phi) is 3.70. The molecule has 104 valence electrons. The molecule has 2 aromatic rings. The lowest BCUT2D eigenvalue weighted by atomic mass is 9.97. The van der Waals surface area contributed by atoms with E-state index in [4.69, 9.17) is 9.47 Å². The molecule has 3 heteroatoms. The van der Waals surface area contributed by atoms with Gasteiger partial charge in [-0.25, -0.2) is 0 Å². The second-order valence-corrected chi connectivity index (χ2v) is 5.12. The van der Waals surface area contributed by atoms with Crippen molar-refractivity contribution in [1.82, 2.24) is 0 Å². The van der Waals surface area contributed by atoms with E-state index in [1.807, 2.05) is 36.4 Å². The monoisotopic (exact) mass is 270 g/mol. The minimum atomic E-state index is 0.0864. The summed E-state index contributed by atoms with van der Waals surface area (Å²) in [6, 6.07) is 11.6. The van der Waals surface area contributed by atoms with Gasteiger partial charge >= 0.3 is 0 Å². The van der Waals surface area contributed by atoms with Crippen LogP contribution in [0.3, 0.4) is 0 Å². The van der Waals surface area contributed by atoms with E-state index >= 15 is 0 Å². The number of hydrogen-bond donors (Lipinski definition) is 0. The second kappa shape index (κ2) is 5.63. The Morgan fingerprint density at radius 1 is 1.25 bits per heavy atom. The Labute approximate surface area is 118 Å². The minimum absolute atomic E-state index is 0.0864. The van der Waals surface area contributed by atoms with Gasteiger partial charge in [0, 0.05) is 24.0 Å². The quantitative estimate of drug-likeness (QED) is 0.796. The molecule has 1 aliphatic rings. The van der Waals surface area contributed by atoms with Gasteiger partial charge < -0.3 is 9.47 Å².